The molecule has 0 saturated heterocycles. The van der Waals surface area contributed by atoms with E-state index in [-0.39, 0.29) is 12.4 Å². The lowest BCUT2D eigenvalue weighted by molar-refractivity contribution is -0.123. The molecule has 1 atom stereocenters. The molecule has 0 bridgehead atoms. The van der Waals surface area contributed by atoms with Crippen molar-refractivity contribution >= 4 is 21.8 Å². The van der Waals surface area contributed by atoms with Crippen LogP contribution in [0, 0.1) is 11.3 Å². The minimum atomic E-state index is -2.92. The van der Waals surface area contributed by atoms with E-state index in [4.69, 9.17) is 14.7 Å². The third-order valence-electron chi connectivity index (χ3n) is 3.75. The van der Waals surface area contributed by atoms with Gasteiger partial charge in [-0.1, -0.05) is 12.1 Å². The van der Waals surface area contributed by atoms with Gasteiger partial charge in [0.15, 0.2) is 18.1 Å². The van der Waals surface area contributed by atoms with Gasteiger partial charge in [0.05, 0.1) is 28.8 Å². The predicted octanol–water partition coefficient (Wildman–Crippen LogP) is 4.58. The van der Waals surface area contributed by atoms with Gasteiger partial charge < -0.3 is 19.5 Å². The Morgan fingerprint density at radius 3 is 2.69 bits per heavy atom. The highest BCUT2D eigenvalue weighted by atomic mass is 79.9. The Labute approximate surface area is 175 Å². The van der Waals surface area contributed by atoms with Gasteiger partial charge in [0.2, 0.25) is 0 Å². The number of nitrogens with one attached hydrogen (secondary N) is 1. The highest BCUT2D eigenvalue weighted by Gasteiger charge is 2.16. The van der Waals surface area contributed by atoms with E-state index in [1.165, 1.54) is 18.2 Å². The standard InChI is InChI=1S/C20H19BrF2N2O4/c1-3-27-17-8-13(10-24)7-16(21)19(17)28-11-18(26)25-12(2)14-5-4-6-15(9-14)29-20(22)23/h4-9,12,20H,3,11H2,1-2H3,(H,25,26). The number of carbonyl (C=O) groups excluding carboxylic acids is 1. The highest BCUT2D eigenvalue weighted by Crippen LogP contribution is 2.36. The van der Waals surface area contributed by atoms with E-state index in [1.807, 2.05) is 6.07 Å². The topological polar surface area (TPSA) is 80.6 Å². The molecule has 0 saturated carbocycles. The molecule has 0 spiro atoms. The molecule has 29 heavy (non-hydrogen) atoms. The zero-order valence-corrected chi connectivity index (χ0v) is 17.3. The molecule has 0 fully saturated rings. The van der Waals surface area contributed by atoms with Crippen molar-refractivity contribution in [3.05, 3.63) is 52.0 Å². The van der Waals surface area contributed by atoms with Crippen LogP contribution in [0.1, 0.15) is 31.0 Å². The molecule has 2 rings (SSSR count). The predicted molar refractivity (Wildman–Crippen MR) is 105 cm³/mol. The lowest BCUT2D eigenvalue weighted by Gasteiger charge is -2.17. The van der Waals surface area contributed by atoms with Crippen molar-refractivity contribution in [2.75, 3.05) is 13.2 Å². The average Bonchev–Trinajstić information content (AvgIpc) is 2.67. The molecule has 0 aliphatic carbocycles. The Kier molecular flexibility index (Phi) is 8.21. The number of rotatable bonds is 9. The van der Waals surface area contributed by atoms with Crippen molar-refractivity contribution in [2.45, 2.75) is 26.5 Å². The first-order valence-electron chi connectivity index (χ1n) is 8.67. The summed E-state index contributed by atoms with van der Waals surface area (Å²) >= 11 is 3.31. The summed E-state index contributed by atoms with van der Waals surface area (Å²) in [5.74, 6) is 0.242. The van der Waals surface area contributed by atoms with E-state index in [2.05, 4.69) is 26.0 Å². The largest absolute Gasteiger partial charge is 0.490 e. The van der Waals surface area contributed by atoms with Crippen molar-refractivity contribution in [3.63, 3.8) is 0 Å². The highest BCUT2D eigenvalue weighted by molar-refractivity contribution is 9.10. The number of hydrogen-bond donors (Lipinski definition) is 1. The Morgan fingerprint density at radius 1 is 1.28 bits per heavy atom. The molecule has 2 aromatic carbocycles. The molecule has 1 N–H and O–H groups in total. The summed E-state index contributed by atoms with van der Waals surface area (Å²) in [5.41, 5.74) is 0.989. The zero-order chi connectivity index (χ0) is 21.4. The molecule has 0 aromatic heterocycles. The molecule has 0 heterocycles. The maximum absolute atomic E-state index is 12.4. The molecule has 1 amide bonds. The molecular weight excluding hydrogens is 450 g/mol. The number of hydrogen-bond acceptors (Lipinski definition) is 5. The monoisotopic (exact) mass is 468 g/mol. The van der Waals surface area contributed by atoms with E-state index in [1.54, 1.807) is 32.0 Å². The van der Waals surface area contributed by atoms with E-state index in [0.29, 0.717) is 33.7 Å². The molecule has 2 aromatic rings. The van der Waals surface area contributed by atoms with Gasteiger partial charge in [-0.15, -0.1) is 0 Å². The number of alkyl halides is 2. The van der Waals surface area contributed by atoms with Gasteiger partial charge in [0.1, 0.15) is 5.75 Å². The van der Waals surface area contributed by atoms with Gasteiger partial charge in [-0.2, -0.15) is 14.0 Å². The van der Waals surface area contributed by atoms with Crippen LogP contribution in [-0.2, 0) is 4.79 Å². The number of benzene rings is 2. The maximum Gasteiger partial charge on any atom is 0.387 e. The molecule has 1 unspecified atom stereocenters. The SMILES string of the molecule is CCOc1cc(C#N)cc(Br)c1OCC(=O)NC(C)c1cccc(OC(F)F)c1. The second-order valence-corrected chi connectivity index (χ2v) is 6.71. The van der Waals surface area contributed by atoms with Crippen LogP contribution in [0.3, 0.4) is 0 Å². The lowest BCUT2D eigenvalue weighted by atomic mass is 10.1. The molecule has 0 aliphatic heterocycles. The third kappa shape index (κ3) is 6.61. The molecular formula is C20H19BrF2N2O4. The Morgan fingerprint density at radius 2 is 2.03 bits per heavy atom. The van der Waals surface area contributed by atoms with Gasteiger partial charge >= 0.3 is 6.61 Å². The first kappa shape index (κ1) is 22.4. The van der Waals surface area contributed by atoms with Crippen molar-refractivity contribution in [1.82, 2.24) is 5.32 Å². The maximum atomic E-state index is 12.4. The number of amides is 1. The van der Waals surface area contributed by atoms with Crippen molar-refractivity contribution < 1.29 is 27.8 Å². The fourth-order valence-corrected chi connectivity index (χ4v) is 3.06. The molecule has 6 nitrogen and oxygen atoms in total. The number of ether oxygens (including phenoxy) is 3. The minimum absolute atomic E-state index is 0.0118. The summed E-state index contributed by atoms with van der Waals surface area (Å²) in [4.78, 5) is 12.3. The van der Waals surface area contributed by atoms with Crippen LogP contribution < -0.4 is 19.5 Å². The molecule has 9 heteroatoms. The summed E-state index contributed by atoms with van der Waals surface area (Å²) in [7, 11) is 0. The third-order valence-corrected chi connectivity index (χ3v) is 4.34. The smallest absolute Gasteiger partial charge is 0.387 e. The summed E-state index contributed by atoms with van der Waals surface area (Å²) in [6.07, 6.45) is 0. The normalized spacial score (nSPS) is 11.5. The fraction of sp³-hybridized carbons (Fsp3) is 0.300. The Balaban J connectivity index is 2.02. The average molecular weight is 469 g/mol. The quantitative estimate of drug-likeness (QED) is 0.582. The molecule has 154 valence electrons. The molecule has 0 aliphatic rings. The fourth-order valence-electron chi connectivity index (χ4n) is 2.50. The van der Waals surface area contributed by atoms with Gasteiger partial charge in [0.25, 0.3) is 5.91 Å². The van der Waals surface area contributed by atoms with E-state index >= 15 is 0 Å². The van der Waals surface area contributed by atoms with Crippen LogP contribution in [0.25, 0.3) is 0 Å². The second kappa shape index (κ2) is 10.6. The first-order chi connectivity index (χ1) is 13.8. The van der Waals surface area contributed by atoms with Gasteiger partial charge in [-0.05, 0) is 53.5 Å². The number of nitrogens with zero attached hydrogens (tertiary/aromatic N) is 1. The summed E-state index contributed by atoms with van der Waals surface area (Å²) in [5, 5.41) is 11.8. The van der Waals surface area contributed by atoms with Crippen molar-refractivity contribution in [3.8, 4) is 23.3 Å². The Bertz CT molecular complexity index is 903. The number of nitriles is 1. The van der Waals surface area contributed by atoms with Gasteiger partial charge in [-0.3, -0.25) is 4.79 Å². The van der Waals surface area contributed by atoms with Gasteiger partial charge in [-0.25, -0.2) is 0 Å². The van der Waals surface area contributed by atoms with E-state index < -0.39 is 18.6 Å². The van der Waals surface area contributed by atoms with E-state index in [9.17, 15) is 13.6 Å². The van der Waals surface area contributed by atoms with Crippen LogP contribution in [0.4, 0.5) is 8.78 Å². The van der Waals surface area contributed by atoms with E-state index in [0.717, 1.165) is 0 Å². The van der Waals surface area contributed by atoms with Crippen LogP contribution in [0.5, 0.6) is 17.2 Å². The van der Waals surface area contributed by atoms with Crippen LogP contribution in [0.2, 0.25) is 0 Å². The second-order valence-electron chi connectivity index (χ2n) is 5.86. The zero-order valence-electron chi connectivity index (χ0n) is 15.7. The molecule has 0 radical (unpaired) electrons. The number of halogens is 3. The number of carbonyl (C=O) groups is 1. The van der Waals surface area contributed by atoms with Crippen LogP contribution in [0.15, 0.2) is 40.9 Å². The van der Waals surface area contributed by atoms with Crippen molar-refractivity contribution in [2.24, 2.45) is 0 Å². The van der Waals surface area contributed by atoms with Crippen LogP contribution >= 0.6 is 15.9 Å². The summed E-state index contributed by atoms with van der Waals surface area (Å²) in [6.45, 7) is 0.633. The Hall–Kier alpha value is -2.86. The summed E-state index contributed by atoms with van der Waals surface area (Å²) in [6, 6.07) is 10.7. The van der Waals surface area contributed by atoms with Gasteiger partial charge in [0, 0.05) is 6.07 Å². The minimum Gasteiger partial charge on any atom is -0.490 e. The lowest BCUT2D eigenvalue weighted by Crippen LogP contribution is -2.31. The van der Waals surface area contributed by atoms with Crippen molar-refractivity contribution in [1.29, 1.82) is 5.26 Å². The van der Waals surface area contributed by atoms with Crippen LogP contribution in [-0.4, -0.2) is 25.7 Å². The summed E-state index contributed by atoms with van der Waals surface area (Å²) < 4.78 is 40.6. The first-order valence-corrected chi connectivity index (χ1v) is 9.46.